The Labute approximate surface area is 118 Å². The summed E-state index contributed by atoms with van der Waals surface area (Å²) in [6.07, 6.45) is 2.69. The molecule has 7 heteroatoms. The van der Waals surface area contributed by atoms with Crippen molar-refractivity contribution in [3.05, 3.63) is 59.4 Å². The lowest BCUT2D eigenvalue weighted by atomic mass is 10.4. The van der Waals surface area contributed by atoms with Crippen LogP contribution in [0.1, 0.15) is 10.5 Å². The molecule has 3 aromatic heterocycles. The highest BCUT2D eigenvalue weighted by Crippen LogP contribution is 2.12. The molecule has 0 radical (unpaired) electrons. The number of carbonyl (C=O) groups is 1. The SMILES string of the molecule is O=C(Nc1cccc(Cl)n1)c1cn2cc(F)ccc2n1. The summed E-state index contributed by atoms with van der Waals surface area (Å²) in [6, 6.07) is 7.65. The molecule has 20 heavy (non-hydrogen) atoms. The van der Waals surface area contributed by atoms with Gasteiger partial charge in [0.15, 0.2) is 0 Å². The normalized spacial score (nSPS) is 10.7. The molecule has 1 amide bonds. The molecule has 3 rings (SSSR count). The molecule has 100 valence electrons. The fourth-order valence-electron chi connectivity index (χ4n) is 1.73. The molecule has 0 bridgehead atoms. The number of nitrogens with one attached hydrogen (secondary N) is 1. The second kappa shape index (κ2) is 4.90. The van der Waals surface area contributed by atoms with Crippen LogP contribution < -0.4 is 5.32 Å². The molecule has 0 aliphatic heterocycles. The molecule has 0 atom stereocenters. The number of rotatable bonds is 2. The zero-order valence-corrected chi connectivity index (χ0v) is 10.8. The van der Waals surface area contributed by atoms with Gasteiger partial charge in [0.25, 0.3) is 5.91 Å². The summed E-state index contributed by atoms with van der Waals surface area (Å²) in [5.74, 6) is -0.520. The van der Waals surface area contributed by atoms with Gasteiger partial charge in [-0.3, -0.25) is 4.79 Å². The lowest BCUT2D eigenvalue weighted by Crippen LogP contribution is -2.13. The Hall–Kier alpha value is -2.47. The number of pyridine rings is 2. The van der Waals surface area contributed by atoms with E-state index >= 15 is 0 Å². The Morgan fingerprint density at radius 3 is 2.85 bits per heavy atom. The van der Waals surface area contributed by atoms with Crippen molar-refractivity contribution in [1.82, 2.24) is 14.4 Å². The van der Waals surface area contributed by atoms with Crippen molar-refractivity contribution in [3.8, 4) is 0 Å². The van der Waals surface area contributed by atoms with Gasteiger partial charge in [0, 0.05) is 12.4 Å². The van der Waals surface area contributed by atoms with E-state index in [0.717, 1.165) is 0 Å². The summed E-state index contributed by atoms with van der Waals surface area (Å²) >= 11 is 5.73. The van der Waals surface area contributed by atoms with Crippen molar-refractivity contribution in [2.45, 2.75) is 0 Å². The quantitative estimate of drug-likeness (QED) is 0.738. The maximum Gasteiger partial charge on any atom is 0.277 e. The molecule has 0 fully saturated rings. The molecular weight excluding hydrogens is 283 g/mol. The van der Waals surface area contributed by atoms with Gasteiger partial charge < -0.3 is 9.72 Å². The zero-order valence-electron chi connectivity index (χ0n) is 10.0. The number of imidazole rings is 1. The predicted octanol–water partition coefficient (Wildman–Crippen LogP) is 2.77. The third kappa shape index (κ3) is 2.46. The lowest BCUT2D eigenvalue weighted by Gasteiger charge is -2.01. The molecule has 0 saturated heterocycles. The van der Waals surface area contributed by atoms with Crippen LogP contribution in [0, 0.1) is 5.82 Å². The molecular formula is C13H8ClFN4O. The summed E-state index contributed by atoms with van der Waals surface area (Å²) in [4.78, 5) is 20.1. The van der Waals surface area contributed by atoms with Gasteiger partial charge in [0.05, 0.1) is 0 Å². The topological polar surface area (TPSA) is 59.3 Å². The predicted molar refractivity (Wildman–Crippen MR) is 72.4 cm³/mol. The summed E-state index contributed by atoms with van der Waals surface area (Å²) in [7, 11) is 0. The first-order valence-electron chi connectivity index (χ1n) is 5.70. The number of fused-ring (bicyclic) bond motifs is 1. The van der Waals surface area contributed by atoms with Crippen LogP contribution in [-0.4, -0.2) is 20.3 Å². The van der Waals surface area contributed by atoms with Gasteiger partial charge in [0.2, 0.25) is 0 Å². The summed E-state index contributed by atoms with van der Waals surface area (Å²) < 4.78 is 14.5. The van der Waals surface area contributed by atoms with Crippen LogP contribution in [0.5, 0.6) is 0 Å². The molecule has 0 aliphatic carbocycles. The number of aromatic nitrogens is 3. The van der Waals surface area contributed by atoms with E-state index in [2.05, 4.69) is 15.3 Å². The maximum absolute atomic E-state index is 13.1. The van der Waals surface area contributed by atoms with Gasteiger partial charge >= 0.3 is 0 Å². The van der Waals surface area contributed by atoms with Gasteiger partial charge in [-0.25, -0.2) is 14.4 Å². The van der Waals surface area contributed by atoms with Gasteiger partial charge in [-0.15, -0.1) is 0 Å². The minimum atomic E-state index is -0.441. The lowest BCUT2D eigenvalue weighted by molar-refractivity contribution is 0.102. The number of nitrogens with zero attached hydrogens (tertiary/aromatic N) is 3. The zero-order chi connectivity index (χ0) is 14.1. The first-order chi connectivity index (χ1) is 9.61. The second-order valence-corrected chi connectivity index (χ2v) is 4.43. The van der Waals surface area contributed by atoms with Crippen LogP contribution in [0.4, 0.5) is 10.2 Å². The average molecular weight is 291 g/mol. The number of halogens is 2. The Morgan fingerprint density at radius 1 is 1.20 bits per heavy atom. The van der Waals surface area contributed by atoms with Gasteiger partial charge in [0.1, 0.15) is 28.1 Å². The molecule has 3 heterocycles. The number of amides is 1. The van der Waals surface area contributed by atoms with Gasteiger partial charge in [-0.2, -0.15) is 0 Å². The first-order valence-corrected chi connectivity index (χ1v) is 6.08. The third-order valence-corrected chi connectivity index (χ3v) is 2.81. The Balaban J connectivity index is 1.88. The first kappa shape index (κ1) is 12.6. The molecule has 3 aromatic rings. The highest BCUT2D eigenvalue weighted by molar-refractivity contribution is 6.29. The van der Waals surface area contributed by atoms with Crippen LogP contribution in [0.3, 0.4) is 0 Å². The average Bonchev–Trinajstić information content (AvgIpc) is 2.81. The molecule has 5 nitrogen and oxygen atoms in total. The third-order valence-electron chi connectivity index (χ3n) is 2.60. The molecule has 0 spiro atoms. The second-order valence-electron chi connectivity index (χ2n) is 4.04. The van der Waals surface area contributed by atoms with E-state index in [1.54, 1.807) is 18.2 Å². The molecule has 0 aliphatic rings. The van der Waals surface area contributed by atoms with E-state index in [1.807, 2.05) is 0 Å². The van der Waals surface area contributed by atoms with Gasteiger partial charge in [-0.1, -0.05) is 17.7 Å². The molecule has 0 unspecified atom stereocenters. The Morgan fingerprint density at radius 2 is 2.05 bits per heavy atom. The highest BCUT2D eigenvalue weighted by atomic mass is 35.5. The van der Waals surface area contributed by atoms with E-state index in [4.69, 9.17) is 11.6 Å². The van der Waals surface area contributed by atoms with E-state index in [9.17, 15) is 9.18 Å². The number of carbonyl (C=O) groups excluding carboxylic acids is 1. The smallest absolute Gasteiger partial charge is 0.277 e. The fraction of sp³-hybridized carbons (Fsp3) is 0. The van der Waals surface area contributed by atoms with Crippen LogP contribution >= 0.6 is 11.6 Å². The van der Waals surface area contributed by atoms with Crippen molar-refractivity contribution in [1.29, 1.82) is 0 Å². The number of anilines is 1. The molecule has 0 aromatic carbocycles. The van der Waals surface area contributed by atoms with Crippen molar-refractivity contribution in [2.75, 3.05) is 5.32 Å². The molecule has 1 N–H and O–H groups in total. The van der Waals surface area contributed by atoms with E-state index in [-0.39, 0.29) is 10.8 Å². The Kier molecular flexibility index (Phi) is 3.08. The van der Waals surface area contributed by atoms with Crippen LogP contribution in [0.2, 0.25) is 5.15 Å². The summed E-state index contributed by atoms with van der Waals surface area (Å²) in [5.41, 5.74) is 0.646. The minimum Gasteiger partial charge on any atom is -0.305 e. The summed E-state index contributed by atoms with van der Waals surface area (Å²) in [5, 5.41) is 2.85. The minimum absolute atomic E-state index is 0.164. The van der Waals surface area contributed by atoms with Crippen molar-refractivity contribution in [2.24, 2.45) is 0 Å². The number of hydrogen-bond acceptors (Lipinski definition) is 3. The fourth-order valence-corrected chi connectivity index (χ4v) is 1.90. The maximum atomic E-state index is 13.1. The van der Waals surface area contributed by atoms with Gasteiger partial charge in [-0.05, 0) is 24.3 Å². The van der Waals surface area contributed by atoms with Crippen molar-refractivity contribution in [3.63, 3.8) is 0 Å². The van der Waals surface area contributed by atoms with Crippen molar-refractivity contribution >= 4 is 29.0 Å². The van der Waals surface area contributed by atoms with Crippen molar-refractivity contribution < 1.29 is 9.18 Å². The monoisotopic (exact) mass is 290 g/mol. The molecule has 0 saturated carbocycles. The highest BCUT2D eigenvalue weighted by Gasteiger charge is 2.12. The van der Waals surface area contributed by atoms with E-state index in [0.29, 0.717) is 11.5 Å². The largest absolute Gasteiger partial charge is 0.305 e. The van der Waals surface area contributed by atoms with E-state index < -0.39 is 11.7 Å². The van der Waals surface area contributed by atoms with Crippen LogP contribution in [-0.2, 0) is 0 Å². The van der Waals surface area contributed by atoms with Crippen LogP contribution in [0.25, 0.3) is 5.65 Å². The Bertz CT molecular complexity index is 802. The number of hydrogen-bond donors (Lipinski definition) is 1. The van der Waals surface area contributed by atoms with Crippen LogP contribution in [0.15, 0.2) is 42.7 Å². The van der Waals surface area contributed by atoms with E-state index in [1.165, 1.54) is 28.9 Å². The standard InChI is InChI=1S/C13H8ClFN4O/c14-10-2-1-3-11(17-10)18-13(20)9-7-19-6-8(15)4-5-12(19)16-9/h1-7H,(H,17,18,20). The summed E-state index contributed by atoms with van der Waals surface area (Å²) in [6.45, 7) is 0.